The van der Waals surface area contributed by atoms with Crippen LogP contribution in [0.25, 0.3) is 10.9 Å². The van der Waals surface area contributed by atoms with Crippen molar-refractivity contribution in [1.29, 1.82) is 0 Å². The maximum absolute atomic E-state index is 12.4. The van der Waals surface area contributed by atoms with E-state index in [9.17, 15) is 4.79 Å². The Bertz CT molecular complexity index is 827. The second kappa shape index (κ2) is 7.20. The van der Waals surface area contributed by atoms with E-state index in [2.05, 4.69) is 29.4 Å². The number of nitrogens with one attached hydrogen (secondary N) is 1. The molecule has 2 aromatic carbocycles. The first-order valence-corrected chi connectivity index (χ1v) is 7.98. The molecule has 0 aliphatic carbocycles. The van der Waals surface area contributed by atoms with Gasteiger partial charge in [-0.25, -0.2) is 4.98 Å². The van der Waals surface area contributed by atoms with E-state index in [0.717, 1.165) is 18.5 Å². The van der Waals surface area contributed by atoms with E-state index < -0.39 is 0 Å². The van der Waals surface area contributed by atoms with Crippen LogP contribution in [0.5, 0.6) is 0 Å². The molecular formula is C19H21N3O. The fraction of sp³-hybridized carbons (Fsp3) is 0.263. The molecule has 0 saturated carbocycles. The maximum atomic E-state index is 12.4. The molecule has 118 valence electrons. The lowest BCUT2D eigenvalue weighted by atomic mass is 10.1. The van der Waals surface area contributed by atoms with Gasteiger partial charge in [0, 0.05) is 12.6 Å². The molecule has 1 unspecified atom stereocenters. The average Bonchev–Trinajstić information content (AvgIpc) is 2.61. The van der Waals surface area contributed by atoms with Gasteiger partial charge in [0.1, 0.15) is 0 Å². The minimum Gasteiger partial charge on any atom is -0.310 e. The Hall–Kier alpha value is -2.46. The van der Waals surface area contributed by atoms with Crippen LogP contribution in [0.4, 0.5) is 0 Å². The van der Waals surface area contributed by atoms with E-state index in [-0.39, 0.29) is 5.56 Å². The topological polar surface area (TPSA) is 46.9 Å². The molecule has 1 aromatic heterocycles. The van der Waals surface area contributed by atoms with Crippen LogP contribution < -0.4 is 10.9 Å². The number of aryl methyl sites for hydroxylation is 1. The zero-order valence-electron chi connectivity index (χ0n) is 13.3. The molecule has 3 aromatic rings. The molecule has 0 saturated heterocycles. The lowest BCUT2D eigenvalue weighted by molar-refractivity contribution is 0.520. The third kappa shape index (κ3) is 3.66. The summed E-state index contributed by atoms with van der Waals surface area (Å²) in [7, 11) is 0. The third-order valence-electron chi connectivity index (χ3n) is 4.06. The van der Waals surface area contributed by atoms with Crippen molar-refractivity contribution in [2.24, 2.45) is 0 Å². The lowest BCUT2D eigenvalue weighted by Gasteiger charge is -2.14. The van der Waals surface area contributed by atoms with Gasteiger partial charge in [-0.05, 0) is 37.6 Å². The number of fused-ring (bicyclic) bond motifs is 1. The molecule has 0 bridgehead atoms. The predicted molar refractivity (Wildman–Crippen MR) is 93.5 cm³/mol. The van der Waals surface area contributed by atoms with Crippen LogP contribution in [-0.2, 0) is 6.54 Å². The van der Waals surface area contributed by atoms with Gasteiger partial charge in [-0.1, -0.05) is 42.5 Å². The minimum absolute atomic E-state index is 0.0340. The molecule has 0 fully saturated rings. The fourth-order valence-electron chi connectivity index (χ4n) is 2.69. The molecule has 1 atom stereocenters. The van der Waals surface area contributed by atoms with Crippen LogP contribution in [-0.4, -0.2) is 16.1 Å². The summed E-state index contributed by atoms with van der Waals surface area (Å²) in [6.45, 7) is 3.68. The van der Waals surface area contributed by atoms with Crippen molar-refractivity contribution < 1.29 is 0 Å². The Morgan fingerprint density at radius 3 is 2.65 bits per heavy atom. The van der Waals surface area contributed by atoms with Gasteiger partial charge in [0.15, 0.2) is 0 Å². The van der Waals surface area contributed by atoms with Crippen molar-refractivity contribution in [2.75, 3.05) is 6.54 Å². The minimum atomic E-state index is 0.0340. The number of hydrogen-bond acceptors (Lipinski definition) is 3. The van der Waals surface area contributed by atoms with Gasteiger partial charge < -0.3 is 5.32 Å². The number of benzene rings is 2. The largest absolute Gasteiger partial charge is 0.310 e. The summed E-state index contributed by atoms with van der Waals surface area (Å²) < 4.78 is 1.69. The summed E-state index contributed by atoms with van der Waals surface area (Å²) in [6.07, 6.45) is 2.53. The smallest absolute Gasteiger partial charge is 0.261 e. The quantitative estimate of drug-likeness (QED) is 0.712. The lowest BCUT2D eigenvalue weighted by Crippen LogP contribution is -2.25. The highest BCUT2D eigenvalue weighted by Gasteiger charge is 2.05. The van der Waals surface area contributed by atoms with Gasteiger partial charge in [-0.3, -0.25) is 9.36 Å². The van der Waals surface area contributed by atoms with Crippen LogP contribution >= 0.6 is 0 Å². The van der Waals surface area contributed by atoms with Crippen LogP contribution in [0.3, 0.4) is 0 Å². The SMILES string of the molecule is CC(NCCCn1cnc2ccccc2c1=O)c1ccccc1. The summed E-state index contributed by atoms with van der Waals surface area (Å²) >= 11 is 0. The molecule has 0 aliphatic rings. The highest BCUT2D eigenvalue weighted by molar-refractivity contribution is 5.76. The highest BCUT2D eigenvalue weighted by atomic mass is 16.1. The van der Waals surface area contributed by atoms with E-state index in [1.54, 1.807) is 10.9 Å². The second-order valence-electron chi connectivity index (χ2n) is 5.70. The van der Waals surface area contributed by atoms with Crippen LogP contribution in [0, 0.1) is 0 Å². The van der Waals surface area contributed by atoms with Crippen LogP contribution in [0.2, 0.25) is 0 Å². The van der Waals surface area contributed by atoms with E-state index in [0.29, 0.717) is 18.0 Å². The summed E-state index contributed by atoms with van der Waals surface area (Å²) in [5.41, 5.74) is 2.06. The second-order valence-corrected chi connectivity index (χ2v) is 5.70. The predicted octanol–water partition coefficient (Wildman–Crippen LogP) is 3.14. The number of aromatic nitrogens is 2. The summed E-state index contributed by atoms with van der Waals surface area (Å²) in [5.74, 6) is 0. The van der Waals surface area contributed by atoms with Crippen molar-refractivity contribution in [3.63, 3.8) is 0 Å². The molecule has 23 heavy (non-hydrogen) atoms. The molecule has 0 spiro atoms. The molecule has 4 nitrogen and oxygen atoms in total. The van der Waals surface area contributed by atoms with Gasteiger partial charge in [-0.2, -0.15) is 0 Å². The molecule has 4 heteroatoms. The zero-order valence-corrected chi connectivity index (χ0v) is 13.3. The first kappa shape index (κ1) is 15.4. The normalized spacial score (nSPS) is 12.4. The zero-order chi connectivity index (χ0) is 16.1. The van der Waals surface area contributed by atoms with Crippen molar-refractivity contribution in [3.8, 4) is 0 Å². The van der Waals surface area contributed by atoms with Crippen molar-refractivity contribution in [2.45, 2.75) is 25.9 Å². The summed E-state index contributed by atoms with van der Waals surface area (Å²) in [4.78, 5) is 16.7. The molecule has 0 radical (unpaired) electrons. The number of rotatable bonds is 6. The fourth-order valence-corrected chi connectivity index (χ4v) is 2.69. The number of para-hydroxylation sites is 1. The first-order chi connectivity index (χ1) is 11.3. The van der Waals surface area contributed by atoms with Gasteiger partial charge >= 0.3 is 0 Å². The Morgan fingerprint density at radius 2 is 1.83 bits per heavy atom. The Balaban J connectivity index is 1.57. The van der Waals surface area contributed by atoms with Gasteiger partial charge in [0.2, 0.25) is 0 Å². The maximum Gasteiger partial charge on any atom is 0.261 e. The van der Waals surface area contributed by atoms with Crippen LogP contribution in [0.15, 0.2) is 65.7 Å². The Kier molecular flexibility index (Phi) is 4.83. The first-order valence-electron chi connectivity index (χ1n) is 7.98. The molecule has 0 amide bonds. The molecule has 3 rings (SSSR count). The number of hydrogen-bond donors (Lipinski definition) is 1. The summed E-state index contributed by atoms with van der Waals surface area (Å²) in [6, 6.07) is 18.1. The monoisotopic (exact) mass is 307 g/mol. The van der Waals surface area contributed by atoms with E-state index in [4.69, 9.17) is 0 Å². The molecular weight excluding hydrogens is 286 g/mol. The van der Waals surface area contributed by atoms with E-state index >= 15 is 0 Å². The van der Waals surface area contributed by atoms with E-state index in [1.807, 2.05) is 42.5 Å². The highest BCUT2D eigenvalue weighted by Crippen LogP contribution is 2.10. The van der Waals surface area contributed by atoms with Crippen molar-refractivity contribution >= 4 is 10.9 Å². The molecule has 0 aliphatic heterocycles. The Morgan fingerprint density at radius 1 is 1.09 bits per heavy atom. The van der Waals surface area contributed by atoms with E-state index in [1.165, 1.54) is 5.56 Å². The Labute approximate surface area is 135 Å². The van der Waals surface area contributed by atoms with Gasteiger partial charge in [0.05, 0.1) is 17.2 Å². The van der Waals surface area contributed by atoms with Gasteiger partial charge in [-0.15, -0.1) is 0 Å². The molecule has 1 heterocycles. The van der Waals surface area contributed by atoms with Gasteiger partial charge in [0.25, 0.3) is 5.56 Å². The third-order valence-corrected chi connectivity index (χ3v) is 4.06. The standard InChI is InChI=1S/C19H21N3O/c1-15(16-8-3-2-4-9-16)20-12-7-13-22-14-21-18-11-6-5-10-17(18)19(22)23/h2-6,8-11,14-15,20H,7,12-13H2,1H3. The van der Waals surface area contributed by atoms with Crippen molar-refractivity contribution in [3.05, 3.63) is 76.8 Å². The summed E-state index contributed by atoms with van der Waals surface area (Å²) in [5, 5.41) is 4.17. The van der Waals surface area contributed by atoms with Crippen molar-refractivity contribution in [1.82, 2.24) is 14.9 Å². The van der Waals surface area contributed by atoms with Crippen LogP contribution in [0.1, 0.15) is 24.9 Å². The molecule has 1 N–H and O–H groups in total. The average molecular weight is 307 g/mol. The number of nitrogens with zero attached hydrogens (tertiary/aromatic N) is 2.